The number of carboxylic acids is 1. The maximum Gasteiger partial charge on any atom is 0.336 e. The third kappa shape index (κ3) is 2.44. The standard InChI is InChI=1S/C9H7IO4/c1-5(11)14-7-4-2-3-6(8(7)10)9(12)13/h2-4H,1H3,(H,12,13). The number of carbonyl (C=O) groups is 2. The molecule has 74 valence electrons. The highest BCUT2D eigenvalue weighted by molar-refractivity contribution is 14.1. The number of halogens is 1. The lowest BCUT2D eigenvalue weighted by Crippen LogP contribution is -2.06. The van der Waals surface area contributed by atoms with E-state index in [0.29, 0.717) is 3.57 Å². The van der Waals surface area contributed by atoms with E-state index in [1.54, 1.807) is 6.07 Å². The predicted octanol–water partition coefficient (Wildman–Crippen LogP) is 1.91. The first-order chi connectivity index (χ1) is 6.52. The van der Waals surface area contributed by atoms with E-state index in [1.165, 1.54) is 19.1 Å². The third-order valence-electron chi connectivity index (χ3n) is 1.45. The maximum absolute atomic E-state index is 10.7. The van der Waals surface area contributed by atoms with Crippen molar-refractivity contribution in [2.45, 2.75) is 6.92 Å². The first-order valence-corrected chi connectivity index (χ1v) is 4.80. The number of hydrogen-bond acceptors (Lipinski definition) is 3. The monoisotopic (exact) mass is 306 g/mol. The Morgan fingerprint density at radius 2 is 2.07 bits per heavy atom. The van der Waals surface area contributed by atoms with Crippen molar-refractivity contribution < 1.29 is 19.4 Å². The van der Waals surface area contributed by atoms with Gasteiger partial charge in [0.05, 0.1) is 9.13 Å². The zero-order valence-corrected chi connectivity index (χ0v) is 9.44. The molecular weight excluding hydrogens is 299 g/mol. The number of esters is 1. The Hall–Kier alpha value is -1.11. The van der Waals surface area contributed by atoms with Crippen molar-refractivity contribution in [2.24, 2.45) is 0 Å². The molecule has 0 bridgehead atoms. The van der Waals surface area contributed by atoms with E-state index in [0.717, 1.165) is 0 Å². The van der Waals surface area contributed by atoms with Crippen LogP contribution >= 0.6 is 22.6 Å². The van der Waals surface area contributed by atoms with Gasteiger partial charge < -0.3 is 9.84 Å². The van der Waals surface area contributed by atoms with Gasteiger partial charge in [-0.15, -0.1) is 0 Å². The van der Waals surface area contributed by atoms with E-state index in [9.17, 15) is 9.59 Å². The van der Waals surface area contributed by atoms with E-state index < -0.39 is 11.9 Å². The summed E-state index contributed by atoms with van der Waals surface area (Å²) >= 11 is 1.83. The molecule has 1 rings (SSSR count). The highest BCUT2D eigenvalue weighted by atomic mass is 127. The molecule has 0 saturated carbocycles. The smallest absolute Gasteiger partial charge is 0.336 e. The van der Waals surface area contributed by atoms with Gasteiger partial charge in [0.15, 0.2) is 0 Å². The average molecular weight is 306 g/mol. The third-order valence-corrected chi connectivity index (χ3v) is 2.56. The lowest BCUT2D eigenvalue weighted by molar-refractivity contribution is -0.131. The second kappa shape index (κ2) is 4.41. The molecule has 0 aromatic heterocycles. The van der Waals surface area contributed by atoms with Crippen molar-refractivity contribution in [3.8, 4) is 5.75 Å². The van der Waals surface area contributed by atoms with Crippen LogP contribution in [0.3, 0.4) is 0 Å². The Morgan fingerprint density at radius 1 is 1.43 bits per heavy atom. The molecule has 5 heteroatoms. The van der Waals surface area contributed by atoms with Crippen LogP contribution in [0.1, 0.15) is 17.3 Å². The van der Waals surface area contributed by atoms with Gasteiger partial charge in [-0.2, -0.15) is 0 Å². The molecular formula is C9H7IO4. The van der Waals surface area contributed by atoms with Crippen LogP contribution in [0.4, 0.5) is 0 Å². The van der Waals surface area contributed by atoms with Crippen molar-refractivity contribution in [2.75, 3.05) is 0 Å². The Labute approximate surface area is 94.0 Å². The topological polar surface area (TPSA) is 63.6 Å². The number of ether oxygens (including phenoxy) is 1. The Morgan fingerprint density at radius 3 is 2.57 bits per heavy atom. The molecule has 0 unspecified atom stereocenters. The largest absolute Gasteiger partial charge is 0.478 e. The lowest BCUT2D eigenvalue weighted by atomic mass is 10.2. The fraction of sp³-hybridized carbons (Fsp3) is 0.111. The van der Waals surface area contributed by atoms with Crippen LogP contribution in [0.5, 0.6) is 5.75 Å². The van der Waals surface area contributed by atoms with Gasteiger partial charge >= 0.3 is 11.9 Å². The summed E-state index contributed by atoms with van der Waals surface area (Å²) in [7, 11) is 0. The zero-order chi connectivity index (χ0) is 10.7. The highest BCUT2D eigenvalue weighted by Gasteiger charge is 2.13. The normalized spacial score (nSPS) is 9.57. The van der Waals surface area contributed by atoms with Gasteiger partial charge in [-0.05, 0) is 34.7 Å². The first kappa shape index (κ1) is 11.0. The van der Waals surface area contributed by atoms with Crippen LogP contribution in [0, 0.1) is 3.57 Å². The molecule has 0 radical (unpaired) electrons. The highest BCUT2D eigenvalue weighted by Crippen LogP contribution is 2.24. The van der Waals surface area contributed by atoms with Gasteiger partial charge in [0.1, 0.15) is 5.75 Å². The lowest BCUT2D eigenvalue weighted by Gasteiger charge is -2.05. The molecule has 14 heavy (non-hydrogen) atoms. The molecule has 0 amide bonds. The number of benzene rings is 1. The van der Waals surface area contributed by atoms with Crippen molar-refractivity contribution in [3.63, 3.8) is 0 Å². The minimum atomic E-state index is -1.04. The minimum absolute atomic E-state index is 0.129. The molecule has 0 fully saturated rings. The summed E-state index contributed by atoms with van der Waals surface area (Å²) in [4.78, 5) is 21.4. The minimum Gasteiger partial charge on any atom is -0.478 e. The van der Waals surface area contributed by atoms with Gasteiger partial charge in [-0.25, -0.2) is 4.79 Å². The van der Waals surface area contributed by atoms with Gasteiger partial charge in [0.25, 0.3) is 0 Å². The maximum atomic E-state index is 10.7. The van der Waals surface area contributed by atoms with Crippen molar-refractivity contribution in [1.29, 1.82) is 0 Å². The second-order valence-corrected chi connectivity index (χ2v) is 3.60. The van der Waals surface area contributed by atoms with E-state index >= 15 is 0 Å². The molecule has 0 aliphatic heterocycles. The molecule has 4 nitrogen and oxygen atoms in total. The quantitative estimate of drug-likeness (QED) is 0.515. The number of hydrogen-bond donors (Lipinski definition) is 1. The van der Waals surface area contributed by atoms with E-state index in [1.807, 2.05) is 22.6 Å². The second-order valence-electron chi connectivity index (χ2n) is 2.52. The van der Waals surface area contributed by atoms with Crippen LogP contribution in [0.25, 0.3) is 0 Å². The summed E-state index contributed by atoms with van der Waals surface area (Å²) in [5, 5.41) is 8.78. The van der Waals surface area contributed by atoms with Gasteiger partial charge in [0, 0.05) is 6.92 Å². The molecule has 0 spiro atoms. The van der Waals surface area contributed by atoms with Crippen molar-refractivity contribution in [3.05, 3.63) is 27.3 Å². The number of rotatable bonds is 2. The van der Waals surface area contributed by atoms with Gasteiger partial charge in [-0.3, -0.25) is 4.79 Å². The van der Waals surface area contributed by atoms with E-state index in [2.05, 4.69) is 0 Å². The number of carboxylic acid groups (broad SMARTS) is 1. The average Bonchev–Trinajstić information content (AvgIpc) is 2.07. The Balaban J connectivity index is 3.13. The Kier molecular flexibility index (Phi) is 3.45. The fourth-order valence-corrected chi connectivity index (χ4v) is 1.61. The molecule has 0 aliphatic rings. The van der Waals surface area contributed by atoms with Crippen LogP contribution in [0.2, 0.25) is 0 Å². The molecule has 0 atom stereocenters. The summed E-state index contributed by atoms with van der Waals surface area (Å²) in [6.07, 6.45) is 0. The fourth-order valence-electron chi connectivity index (χ4n) is 0.910. The molecule has 0 heterocycles. The van der Waals surface area contributed by atoms with Crippen LogP contribution in [0.15, 0.2) is 18.2 Å². The van der Waals surface area contributed by atoms with Gasteiger partial charge in [-0.1, -0.05) is 6.07 Å². The SMILES string of the molecule is CC(=O)Oc1cccc(C(=O)O)c1I. The van der Waals surface area contributed by atoms with E-state index in [4.69, 9.17) is 9.84 Å². The first-order valence-electron chi connectivity index (χ1n) is 3.72. The molecule has 0 aliphatic carbocycles. The van der Waals surface area contributed by atoms with Crippen LogP contribution in [-0.4, -0.2) is 17.0 Å². The van der Waals surface area contributed by atoms with E-state index in [-0.39, 0.29) is 11.3 Å². The van der Waals surface area contributed by atoms with Crippen LogP contribution < -0.4 is 4.74 Å². The van der Waals surface area contributed by atoms with Crippen molar-refractivity contribution in [1.82, 2.24) is 0 Å². The summed E-state index contributed by atoms with van der Waals surface area (Å²) < 4.78 is 5.25. The predicted molar refractivity (Wildman–Crippen MR) is 57.4 cm³/mol. The summed E-state index contributed by atoms with van der Waals surface area (Å²) in [6.45, 7) is 1.27. The zero-order valence-electron chi connectivity index (χ0n) is 7.28. The number of carbonyl (C=O) groups excluding carboxylic acids is 1. The molecule has 1 aromatic rings. The number of aromatic carboxylic acids is 1. The molecule has 1 aromatic carbocycles. The molecule has 0 saturated heterocycles. The summed E-state index contributed by atoms with van der Waals surface area (Å²) in [6, 6.07) is 4.54. The summed E-state index contributed by atoms with van der Waals surface area (Å²) in [5.41, 5.74) is 0.129. The molecule has 1 N–H and O–H groups in total. The van der Waals surface area contributed by atoms with Crippen molar-refractivity contribution >= 4 is 34.5 Å². The van der Waals surface area contributed by atoms with Crippen LogP contribution in [-0.2, 0) is 4.79 Å². The van der Waals surface area contributed by atoms with Gasteiger partial charge in [0.2, 0.25) is 0 Å². The summed E-state index contributed by atoms with van der Waals surface area (Å²) in [5.74, 6) is -1.23. The Bertz CT molecular complexity index is 386.